The number of aromatic hydroxyl groups is 1. The van der Waals surface area contributed by atoms with Gasteiger partial charge in [-0.25, -0.2) is 4.79 Å². The van der Waals surface area contributed by atoms with E-state index in [1.807, 2.05) is 0 Å². The van der Waals surface area contributed by atoms with Gasteiger partial charge in [-0.1, -0.05) is 18.6 Å². The number of nitrogens with two attached hydrogens (primary N) is 1. The first-order valence-electron chi connectivity index (χ1n) is 10.2. The highest BCUT2D eigenvalue weighted by atomic mass is 16.6. The highest BCUT2D eigenvalue weighted by molar-refractivity contribution is 5.95. The van der Waals surface area contributed by atoms with E-state index in [0.717, 1.165) is 4.90 Å². The molecule has 0 bridgehead atoms. The number of hydrogen-bond acceptors (Lipinski definition) is 6. The maximum Gasteiger partial charge on any atom is 0.408 e. The molecule has 0 aliphatic heterocycles. The number of nitrogens with one attached hydrogen (secondary N) is 2. The van der Waals surface area contributed by atoms with Gasteiger partial charge in [0, 0.05) is 11.6 Å². The lowest BCUT2D eigenvalue weighted by molar-refractivity contribution is -0.140. The Kier molecular flexibility index (Phi) is 8.87. The van der Waals surface area contributed by atoms with Crippen LogP contribution in [0.25, 0.3) is 0 Å². The van der Waals surface area contributed by atoms with Crippen molar-refractivity contribution in [2.45, 2.75) is 71.2 Å². The third-order valence-corrected chi connectivity index (χ3v) is 3.98. The molecular formula is C23H32N4O6. The molecule has 5 N–H and O–H groups in total. The van der Waals surface area contributed by atoms with E-state index in [9.17, 15) is 24.3 Å². The summed E-state index contributed by atoms with van der Waals surface area (Å²) in [6.45, 7) is 10.1. The second-order valence-electron chi connectivity index (χ2n) is 9.44. The van der Waals surface area contributed by atoms with Crippen molar-refractivity contribution in [3.63, 3.8) is 0 Å². The number of alkyl carbamates (subject to hydrolysis) is 1. The van der Waals surface area contributed by atoms with Crippen LogP contribution >= 0.6 is 0 Å². The number of phenols is 1. The number of rotatable bonds is 7. The number of ether oxygens (including phenoxy) is 1. The molecule has 0 heterocycles. The van der Waals surface area contributed by atoms with E-state index in [-0.39, 0.29) is 5.75 Å². The lowest BCUT2D eigenvalue weighted by Gasteiger charge is -2.32. The monoisotopic (exact) mass is 460 g/mol. The molecule has 0 fully saturated rings. The van der Waals surface area contributed by atoms with Crippen molar-refractivity contribution in [1.82, 2.24) is 15.5 Å². The highest BCUT2D eigenvalue weighted by Gasteiger charge is 2.37. The van der Waals surface area contributed by atoms with Gasteiger partial charge < -0.3 is 26.2 Å². The van der Waals surface area contributed by atoms with Gasteiger partial charge in [-0.2, -0.15) is 0 Å². The summed E-state index contributed by atoms with van der Waals surface area (Å²) in [6.07, 6.45) is 4.08. The standard InChI is InChI=1S/C23H32N4O6/c1-8-27(20(31)16(13-17(24)29)25-21(32)33-23(5,6)7)18(19(30)26-22(2,3)4)14-9-11-15(28)12-10-14/h1,9-12,16,18,28H,13H2,2-7H3,(H2,24,29)(H,25,32)(H,26,30). The van der Waals surface area contributed by atoms with Crippen LogP contribution in [0, 0.1) is 12.5 Å². The summed E-state index contributed by atoms with van der Waals surface area (Å²) >= 11 is 0. The number of benzene rings is 1. The van der Waals surface area contributed by atoms with Crippen LogP contribution in [0.4, 0.5) is 4.79 Å². The second-order valence-corrected chi connectivity index (χ2v) is 9.44. The maximum absolute atomic E-state index is 13.3. The first-order chi connectivity index (χ1) is 15.0. The Morgan fingerprint density at radius 3 is 2.09 bits per heavy atom. The van der Waals surface area contributed by atoms with Gasteiger partial charge in [0.2, 0.25) is 11.8 Å². The van der Waals surface area contributed by atoms with Crippen molar-refractivity contribution in [3.8, 4) is 18.2 Å². The Bertz CT molecular complexity index is 922. The molecular weight excluding hydrogens is 428 g/mol. The summed E-state index contributed by atoms with van der Waals surface area (Å²) in [5.74, 6) is -2.44. The van der Waals surface area contributed by atoms with Gasteiger partial charge in [0.25, 0.3) is 5.91 Å². The number of primary amides is 1. The molecule has 4 amide bonds. The number of phenolic OH excluding ortho intramolecular Hbond substituents is 1. The molecule has 0 aliphatic carbocycles. The van der Waals surface area contributed by atoms with Gasteiger partial charge in [0.1, 0.15) is 23.4 Å². The fourth-order valence-electron chi connectivity index (χ4n) is 2.80. The molecule has 2 unspecified atom stereocenters. The smallest absolute Gasteiger partial charge is 0.408 e. The highest BCUT2D eigenvalue weighted by Crippen LogP contribution is 2.25. The van der Waals surface area contributed by atoms with Crippen LogP contribution in [-0.2, 0) is 19.1 Å². The topological polar surface area (TPSA) is 151 Å². The van der Waals surface area contributed by atoms with Gasteiger partial charge in [-0.15, -0.1) is 0 Å². The van der Waals surface area contributed by atoms with Crippen molar-refractivity contribution in [2.75, 3.05) is 0 Å². The Hall–Kier alpha value is -3.74. The summed E-state index contributed by atoms with van der Waals surface area (Å²) in [5, 5.41) is 14.7. The predicted octanol–water partition coefficient (Wildman–Crippen LogP) is 1.54. The molecule has 1 aromatic carbocycles. The largest absolute Gasteiger partial charge is 0.508 e. The number of carbonyl (C=O) groups excluding carboxylic acids is 4. The van der Waals surface area contributed by atoms with Crippen LogP contribution in [0.2, 0.25) is 0 Å². The molecule has 1 aromatic rings. The molecule has 1 rings (SSSR count). The van der Waals surface area contributed by atoms with Crippen LogP contribution in [0.1, 0.15) is 59.6 Å². The number of amides is 4. The summed E-state index contributed by atoms with van der Waals surface area (Å²) in [4.78, 5) is 51.1. The van der Waals surface area contributed by atoms with Crippen molar-refractivity contribution in [1.29, 1.82) is 0 Å². The zero-order valence-electron chi connectivity index (χ0n) is 19.8. The predicted molar refractivity (Wildman–Crippen MR) is 121 cm³/mol. The molecule has 0 radical (unpaired) electrons. The summed E-state index contributed by atoms with van der Waals surface area (Å²) in [7, 11) is 0. The fraction of sp³-hybridized carbons (Fsp3) is 0.478. The fourth-order valence-corrected chi connectivity index (χ4v) is 2.80. The zero-order valence-corrected chi connectivity index (χ0v) is 19.8. The lowest BCUT2D eigenvalue weighted by Crippen LogP contribution is -2.54. The average Bonchev–Trinajstić information content (AvgIpc) is 2.62. The van der Waals surface area contributed by atoms with E-state index in [4.69, 9.17) is 16.9 Å². The molecule has 0 aromatic heterocycles. The summed E-state index contributed by atoms with van der Waals surface area (Å²) in [6, 6.07) is 4.92. The van der Waals surface area contributed by atoms with Crippen molar-refractivity contribution in [3.05, 3.63) is 29.8 Å². The molecule has 0 saturated carbocycles. The quantitative estimate of drug-likeness (QED) is 0.358. The van der Waals surface area contributed by atoms with Gasteiger partial charge in [-0.05, 0) is 59.2 Å². The van der Waals surface area contributed by atoms with E-state index in [1.54, 1.807) is 41.5 Å². The maximum atomic E-state index is 13.3. The minimum Gasteiger partial charge on any atom is -0.508 e. The lowest BCUT2D eigenvalue weighted by atomic mass is 10.0. The molecule has 33 heavy (non-hydrogen) atoms. The van der Waals surface area contributed by atoms with Gasteiger partial charge in [0.15, 0.2) is 0 Å². The summed E-state index contributed by atoms with van der Waals surface area (Å²) < 4.78 is 5.15. The van der Waals surface area contributed by atoms with Crippen LogP contribution in [0.15, 0.2) is 24.3 Å². The molecule has 180 valence electrons. The third-order valence-electron chi connectivity index (χ3n) is 3.98. The van der Waals surface area contributed by atoms with E-state index >= 15 is 0 Å². The molecule has 0 aliphatic rings. The Morgan fingerprint density at radius 2 is 1.67 bits per heavy atom. The molecule has 0 saturated heterocycles. The van der Waals surface area contributed by atoms with Crippen LogP contribution < -0.4 is 16.4 Å². The van der Waals surface area contributed by atoms with E-state index in [2.05, 4.69) is 16.7 Å². The van der Waals surface area contributed by atoms with Crippen LogP contribution in [0.3, 0.4) is 0 Å². The first-order valence-corrected chi connectivity index (χ1v) is 10.2. The average molecular weight is 461 g/mol. The Balaban J connectivity index is 3.39. The third kappa shape index (κ3) is 9.11. The molecule has 2 atom stereocenters. The minimum atomic E-state index is -1.48. The first kappa shape index (κ1) is 27.3. The number of hydrogen-bond donors (Lipinski definition) is 4. The zero-order chi connectivity index (χ0) is 25.6. The van der Waals surface area contributed by atoms with Crippen LogP contribution in [0.5, 0.6) is 5.75 Å². The molecule has 10 heteroatoms. The van der Waals surface area contributed by atoms with E-state index in [0.29, 0.717) is 5.56 Å². The van der Waals surface area contributed by atoms with Gasteiger partial charge >= 0.3 is 6.09 Å². The Morgan fingerprint density at radius 1 is 1.12 bits per heavy atom. The Labute approximate surface area is 193 Å². The van der Waals surface area contributed by atoms with Crippen LogP contribution in [-0.4, -0.2) is 51.0 Å². The summed E-state index contributed by atoms with van der Waals surface area (Å²) in [5.41, 5.74) is 4.04. The second kappa shape index (κ2) is 10.7. The molecule has 0 spiro atoms. The number of nitrogens with zero attached hydrogens (tertiary/aromatic N) is 1. The van der Waals surface area contributed by atoms with E-state index in [1.165, 1.54) is 24.3 Å². The van der Waals surface area contributed by atoms with Gasteiger partial charge in [0.05, 0.1) is 6.42 Å². The minimum absolute atomic E-state index is 0.0505. The molecule has 10 nitrogen and oxygen atoms in total. The SMILES string of the molecule is C#CN(C(=O)C(CC(N)=O)NC(=O)OC(C)(C)C)C(C(=O)NC(C)(C)C)c1ccc(O)cc1. The van der Waals surface area contributed by atoms with Crippen molar-refractivity contribution >= 4 is 23.8 Å². The van der Waals surface area contributed by atoms with Crippen molar-refractivity contribution < 1.29 is 29.0 Å². The van der Waals surface area contributed by atoms with Gasteiger partial charge in [-0.3, -0.25) is 19.3 Å². The van der Waals surface area contributed by atoms with Crippen molar-refractivity contribution in [2.24, 2.45) is 5.73 Å². The van der Waals surface area contributed by atoms with E-state index < -0.39 is 53.5 Å². The number of carbonyl (C=O) groups is 4. The normalized spacial score (nSPS) is 13.1. The number of terminal acetylenes is 1.